The molecule has 2 fully saturated rings. The maximum Gasteiger partial charge on any atom is 0.247 e. The van der Waals surface area contributed by atoms with Gasteiger partial charge in [0.1, 0.15) is 12.6 Å². The predicted octanol–water partition coefficient (Wildman–Crippen LogP) is 2.29. The lowest BCUT2D eigenvalue weighted by Gasteiger charge is -2.46. The van der Waals surface area contributed by atoms with E-state index in [9.17, 15) is 9.59 Å². The molecule has 0 N–H and O–H groups in total. The zero-order chi connectivity index (χ0) is 20.5. The SMILES string of the molecule is O=C1C2CN(Cc3cnc4ccccc4c3)CCN2C(=O)CN1Cc1ccccc1. The van der Waals surface area contributed by atoms with Crippen LogP contribution in [0.5, 0.6) is 0 Å². The van der Waals surface area contributed by atoms with Gasteiger partial charge in [-0.25, -0.2) is 0 Å². The fraction of sp³-hybridized carbons (Fsp3) is 0.292. The zero-order valence-electron chi connectivity index (χ0n) is 16.8. The van der Waals surface area contributed by atoms with Crippen LogP contribution >= 0.6 is 0 Å². The molecule has 0 aliphatic carbocycles. The normalized spacial score (nSPS) is 19.9. The molecular formula is C24H24N4O2. The fourth-order valence-electron chi connectivity index (χ4n) is 4.43. The number of hydrogen-bond acceptors (Lipinski definition) is 4. The minimum atomic E-state index is -0.405. The highest BCUT2D eigenvalue weighted by Crippen LogP contribution is 2.22. The van der Waals surface area contributed by atoms with E-state index in [1.165, 1.54) is 0 Å². The number of rotatable bonds is 4. The van der Waals surface area contributed by atoms with Crippen LogP contribution in [0.15, 0.2) is 66.9 Å². The number of benzene rings is 2. The topological polar surface area (TPSA) is 56.8 Å². The predicted molar refractivity (Wildman–Crippen MR) is 114 cm³/mol. The summed E-state index contributed by atoms with van der Waals surface area (Å²) in [5.74, 6) is 0.0855. The Balaban J connectivity index is 1.30. The Bertz CT molecular complexity index is 1080. The van der Waals surface area contributed by atoms with Crippen LogP contribution in [-0.2, 0) is 22.7 Å². The van der Waals surface area contributed by atoms with E-state index in [0.29, 0.717) is 19.6 Å². The quantitative estimate of drug-likeness (QED) is 0.674. The monoisotopic (exact) mass is 400 g/mol. The van der Waals surface area contributed by atoms with E-state index in [1.54, 1.807) is 9.80 Å². The highest BCUT2D eigenvalue weighted by Gasteiger charge is 2.42. The third kappa shape index (κ3) is 3.66. The second kappa shape index (κ2) is 7.88. The number of fused-ring (bicyclic) bond motifs is 2. The molecule has 0 spiro atoms. The highest BCUT2D eigenvalue weighted by molar-refractivity contribution is 5.95. The largest absolute Gasteiger partial charge is 0.327 e. The maximum atomic E-state index is 13.2. The molecule has 6 heteroatoms. The first-order chi connectivity index (χ1) is 14.7. The average molecular weight is 400 g/mol. The summed E-state index contributed by atoms with van der Waals surface area (Å²) in [5.41, 5.74) is 3.15. The van der Waals surface area contributed by atoms with Gasteiger partial charge in [0.05, 0.1) is 5.52 Å². The van der Waals surface area contributed by atoms with Crippen molar-refractivity contribution in [1.82, 2.24) is 19.7 Å². The molecule has 1 aromatic heterocycles. The summed E-state index contributed by atoms with van der Waals surface area (Å²) >= 11 is 0. The first-order valence-electron chi connectivity index (χ1n) is 10.4. The van der Waals surface area contributed by atoms with Gasteiger partial charge in [-0.3, -0.25) is 19.5 Å². The molecule has 0 bridgehead atoms. The molecule has 2 aliphatic heterocycles. The van der Waals surface area contributed by atoms with Crippen LogP contribution in [0.1, 0.15) is 11.1 Å². The summed E-state index contributed by atoms with van der Waals surface area (Å²) in [6, 6.07) is 19.7. The molecule has 3 aromatic rings. The lowest BCUT2D eigenvalue weighted by Crippen LogP contribution is -2.66. The second-order valence-electron chi connectivity index (χ2n) is 8.05. The molecule has 1 atom stereocenters. The van der Waals surface area contributed by atoms with Gasteiger partial charge in [0, 0.05) is 44.3 Å². The van der Waals surface area contributed by atoms with Crippen molar-refractivity contribution in [2.45, 2.75) is 19.1 Å². The lowest BCUT2D eigenvalue weighted by molar-refractivity contribution is -0.160. The van der Waals surface area contributed by atoms with Gasteiger partial charge in [0.15, 0.2) is 0 Å². The van der Waals surface area contributed by atoms with E-state index in [2.05, 4.69) is 22.0 Å². The Morgan fingerprint density at radius 1 is 0.900 bits per heavy atom. The molecule has 152 valence electrons. The van der Waals surface area contributed by atoms with Crippen LogP contribution in [0.25, 0.3) is 10.9 Å². The van der Waals surface area contributed by atoms with Gasteiger partial charge >= 0.3 is 0 Å². The van der Waals surface area contributed by atoms with E-state index in [4.69, 9.17) is 0 Å². The molecule has 5 rings (SSSR count). The van der Waals surface area contributed by atoms with Gasteiger partial charge in [-0.2, -0.15) is 0 Å². The Hall–Kier alpha value is -3.25. The number of carbonyl (C=O) groups excluding carboxylic acids is 2. The number of para-hydroxylation sites is 1. The first kappa shape index (κ1) is 18.8. The van der Waals surface area contributed by atoms with Gasteiger partial charge < -0.3 is 9.80 Å². The van der Waals surface area contributed by atoms with Crippen molar-refractivity contribution in [3.63, 3.8) is 0 Å². The number of amides is 2. The number of hydrogen-bond donors (Lipinski definition) is 0. The standard InChI is InChI=1S/C24H24N4O2/c29-23-17-27(15-18-6-2-1-3-7-18)24(30)22-16-26(10-11-28(22)23)14-19-12-20-8-4-5-9-21(20)25-13-19/h1-9,12-13,22H,10-11,14-17H2. The number of carbonyl (C=O) groups is 2. The molecule has 0 saturated carbocycles. The van der Waals surface area contributed by atoms with Crippen LogP contribution in [0.4, 0.5) is 0 Å². The van der Waals surface area contributed by atoms with Crippen molar-refractivity contribution >= 4 is 22.7 Å². The van der Waals surface area contributed by atoms with Crippen LogP contribution in [0, 0.1) is 0 Å². The number of piperazine rings is 2. The number of pyridine rings is 1. The minimum absolute atomic E-state index is 0.0415. The summed E-state index contributed by atoms with van der Waals surface area (Å²) in [6.45, 7) is 3.28. The third-order valence-electron chi connectivity index (χ3n) is 5.98. The number of aromatic nitrogens is 1. The molecule has 3 heterocycles. The Morgan fingerprint density at radius 3 is 2.57 bits per heavy atom. The molecule has 30 heavy (non-hydrogen) atoms. The van der Waals surface area contributed by atoms with Crippen molar-refractivity contribution in [1.29, 1.82) is 0 Å². The molecule has 1 unspecified atom stereocenters. The summed E-state index contributed by atoms with van der Waals surface area (Å²) in [6.07, 6.45) is 1.91. The smallest absolute Gasteiger partial charge is 0.247 e. The minimum Gasteiger partial charge on any atom is -0.327 e. The van der Waals surface area contributed by atoms with Crippen molar-refractivity contribution in [3.05, 3.63) is 78.0 Å². The molecule has 2 amide bonds. The van der Waals surface area contributed by atoms with Gasteiger partial charge in [-0.1, -0.05) is 48.5 Å². The summed E-state index contributed by atoms with van der Waals surface area (Å²) < 4.78 is 0. The Kier molecular flexibility index (Phi) is 4.93. The Morgan fingerprint density at radius 2 is 1.70 bits per heavy atom. The molecular weight excluding hydrogens is 376 g/mol. The van der Waals surface area contributed by atoms with E-state index in [0.717, 1.165) is 35.1 Å². The van der Waals surface area contributed by atoms with E-state index in [1.807, 2.05) is 54.7 Å². The van der Waals surface area contributed by atoms with Crippen LogP contribution in [0.2, 0.25) is 0 Å². The third-order valence-corrected chi connectivity index (χ3v) is 5.98. The van der Waals surface area contributed by atoms with Gasteiger partial charge in [-0.15, -0.1) is 0 Å². The van der Waals surface area contributed by atoms with Crippen molar-refractivity contribution in [2.24, 2.45) is 0 Å². The van der Waals surface area contributed by atoms with Crippen LogP contribution in [0.3, 0.4) is 0 Å². The molecule has 2 aromatic carbocycles. The maximum absolute atomic E-state index is 13.2. The zero-order valence-corrected chi connectivity index (χ0v) is 16.8. The second-order valence-corrected chi connectivity index (χ2v) is 8.05. The fourth-order valence-corrected chi connectivity index (χ4v) is 4.43. The first-order valence-corrected chi connectivity index (χ1v) is 10.4. The number of nitrogens with zero attached hydrogens (tertiary/aromatic N) is 4. The van der Waals surface area contributed by atoms with Crippen molar-refractivity contribution in [2.75, 3.05) is 26.2 Å². The highest BCUT2D eigenvalue weighted by atomic mass is 16.2. The average Bonchev–Trinajstić information content (AvgIpc) is 2.78. The summed E-state index contributed by atoms with van der Waals surface area (Å²) in [4.78, 5) is 36.1. The Labute approximate surface area is 175 Å². The van der Waals surface area contributed by atoms with Crippen LogP contribution < -0.4 is 0 Å². The lowest BCUT2D eigenvalue weighted by atomic mass is 10.0. The van der Waals surface area contributed by atoms with E-state index in [-0.39, 0.29) is 18.4 Å². The molecule has 2 aliphatic rings. The van der Waals surface area contributed by atoms with Crippen molar-refractivity contribution < 1.29 is 9.59 Å². The summed E-state index contributed by atoms with van der Waals surface area (Å²) in [5, 5.41) is 1.12. The van der Waals surface area contributed by atoms with Crippen LogP contribution in [-0.4, -0.2) is 63.7 Å². The molecule has 0 radical (unpaired) electrons. The summed E-state index contributed by atoms with van der Waals surface area (Å²) in [7, 11) is 0. The van der Waals surface area contributed by atoms with E-state index >= 15 is 0 Å². The molecule has 6 nitrogen and oxygen atoms in total. The molecule has 2 saturated heterocycles. The van der Waals surface area contributed by atoms with Gasteiger partial charge in [0.25, 0.3) is 0 Å². The van der Waals surface area contributed by atoms with Crippen molar-refractivity contribution in [3.8, 4) is 0 Å². The van der Waals surface area contributed by atoms with Gasteiger partial charge in [0.2, 0.25) is 11.8 Å². The van der Waals surface area contributed by atoms with E-state index < -0.39 is 6.04 Å². The van der Waals surface area contributed by atoms with Gasteiger partial charge in [-0.05, 0) is 23.3 Å².